The lowest BCUT2D eigenvalue weighted by Gasteiger charge is -2.11. The zero-order valence-electron chi connectivity index (χ0n) is 9.36. The Morgan fingerprint density at radius 3 is 3.00 bits per heavy atom. The average molecular weight is 258 g/mol. The zero-order valence-corrected chi connectivity index (χ0v) is 10.2. The fourth-order valence-electron chi connectivity index (χ4n) is 1.83. The lowest BCUT2D eigenvalue weighted by atomic mass is 10.2. The van der Waals surface area contributed by atoms with Crippen LogP contribution in [0, 0.1) is 0 Å². The van der Waals surface area contributed by atoms with Gasteiger partial charge in [-0.1, -0.05) is 0 Å². The number of hydrogen-bond acceptors (Lipinski definition) is 3. The van der Waals surface area contributed by atoms with Crippen LogP contribution in [0.4, 0.5) is 0 Å². The molecule has 1 fully saturated rings. The molecule has 1 aromatic rings. The van der Waals surface area contributed by atoms with Crippen LogP contribution in [0.25, 0.3) is 0 Å². The maximum atomic E-state index is 11.7. The van der Waals surface area contributed by atoms with Gasteiger partial charge in [0.1, 0.15) is 0 Å². The SMILES string of the molecule is Cl.O=C(NCC1CCCN1)c1cc[nH]c(=O)c1. The van der Waals surface area contributed by atoms with Crippen molar-refractivity contribution in [1.29, 1.82) is 0 Å². The largest absolute Gasteiger partial charge is 0.350 e. The molecular weight excluding hydrogens is 242 g/mol. The molecule has 1 aliphatic heterocycles. The number of H-pyrrole nitrogens is 1. The number of aromatic amines is 1. The van der Waals surface area contributed by atoms with Crippen LogP contribution in [0.3, 0.4) is 0 Å². The second-order valence-corrected chi connectivity index (χ2v) is 3.94. The Morgan fingerprint density at radius 1 is 1.53 bits per heavy atom. The molecule has 94 valence electrons. The van der Waals surface area contributed by atoms with Crippen molar-refractivity contribution in [1.82, 2.24) is 15.6 Å². The number of hydrogen-bond donors (Lipinski definition) is 3. The fraction of sp³-hybridized carbons (Fsp3) is 0.455. The quantitative estimate of drug-likeness (QED) is 0.728. The number of rotatable bonds is 3. The molecule has 2 rings (SSSR count). The first-order valence-corrected chi connectivity index (χ1v) is 5.46. The van der Waals surface area contributed by atoms with Crippen LogP contribution in [0.2, 0.25) is 0 Å². The lowest BCUT2D eigenvalue weighted by molar-refractivity contribution is 0.0950. The second kappa shape index (κ2) is 6.42. The first kappa shape index (κ1) is 13.7. The van der Waals surface area contributed by atoms with E-state index in [9.17, 15) is 9.59 Å². The normalized spacial score (nSPS) is 18.5. The minimum absolute atomic E-state index is 0. The summed E-state index contributed by atoms with van der Waals surface area (Å²) in [7, 11) is 0. The summed E-state index contributed by atoms with van der Waals surface area (Å²) >= 11 is 0. The smallest absolute Gasteiger partial charge is 0.251 e. The van der Waals surface area contributed by atoms with Gasteiger partial charge in [0.05, 0.1) is 0 Å². The van der Waals surface area contributed by atoms with Gasteiger partial charge in [-0.05, 0) is 25.5 Å². The maximum Gasteiger partial charge on any atom is 0.251 e. The van der Waals surface area contributed by atoms with Crippen LogP contribution in [0.15, 0.2) is 23.1 Å². The van der Waals surface area contributed by atoms with Gasteiger partial charge >= 0.3 is 0 Å². The summed E-state index contributed by atoms with van der Waals surface area (Å²) in [5, 5.41) is 6.11. The summed E-state index contributed by atoms with van der Waals surface area (Å²) in [5.74, 6) is -0.195. The topological polar surface area (TPSA) is 74.0 Å². The number of carbonyl (C=O) groups is 1. The Labute approximate surface area is 105 Å². The molecule has 3 N–H and O–H groups in total. The van der Waals surface area contributed by atoms with Crippen LogP contribution < -0.4 is 16.2 Å². The Bertz CT molecular complexity index is 427. The summed E-state index contributed by atoms with van der Waals surface area (Å²) in [5.41, 5.74) is 0.147. The molecule has 1 unspecified atom stereocenters. The molecule has 0 spiro atoms. The van der Waals surface area contributed by atoms with Crippen LogP contribution >= 0.6 is 12.4 Å². The molecule has 1 saturated heterocycles. The minimum Gasteiger partial charge on any atom is -0.350 e. The number of pyridine rings is 1. The third-order valence-electron chi connectivity index (χ3n) is 2.71. The van der Waals surface area contributed by atoms with Gasteiger partial charge in [0.15, 0.2) is 0 Å². The van der Waals surface area contributed by atoms with E-state index < -0.39 is 0 Å². The molecule has 1 aromatic heterocycles. The highest BCUT2D eigenvalue weighted by atomic mass is 35.5. The summed E-state index contributed by atoms with van der Waals surface area (Å²) < 4.78 is 0. The summed E-state index contributed by atoms with van der Waals surface area (Å²) in [6, 6.07) is 3.27. The van der Waals surface area contributed by atoms with Crippen LogP contribution in [-0.4, -0.2) is 30.0 Å². The number of nitrogens with one attached hydrogen (secondary N) is 3. The van der Waals surface area contributed by atoms with Crippen LogP contribution in [0.5, 0.6) is 0 Å². The Kier molecular flexibility index (Phi) is 5.18. The van der Waals surface area contributed by atoms with Crippen molar-refractivity contribution in [3.63, 3.8) is 0 Å². The third-order valence-corrected chi connectivity index (χ3v) is 2.71. The molecule has 1 atom stereocenters. The Morgan fingerprint density at radius 2 is 2.35 bits per heavy atom. The van der Waals surface area contributed by atoms with E-state index in [4.69, 9.17) is 0 Å². The van der Waals surface area contributed by atoms with Gasteiger partial charge < -0.3 is 15.6 Å². The molecule has 0 radical (unpaired) electrons. The highest BCUT2D eigenvalue weighted by Gasteiger charge is 2.15. The zero-order chi connectivity index (χ0) is 11.4. The van der Waals surface area contributed by atoms with E-state index >= 15 is 0 Å². The first-order valence-electron chi connectivity index (χ1n) is 5.46. The molecule has 0 saturated carbocycles. The van der Waals surface area contributed by atoms with Crippen molar-refractivity contribution < 1.29 is 4.79 Å². The van der Waals surface area contributed by atoms with Crippen molar-refractivity contribution in [3.05, 3.63) is 34.2 Å². The van der Waals surface area contributed by atoms with Gasteiger partial charge in [-0.25, -0.2) is 0 Å². The molecule has 0 aromatic carbocycles. The van der Waals surface area contributed by atoms with Crippen LogP contribution in [0.1, 0.15) is 23.2 Å². The number of carbonyl (C=O) groups excluding carboxylic acids is 1. The minimum atomic E-state index is -0.258. The maximum absolute atomic E-state index is 11.7. The molecule has 0 aliphatic carbocycles. The van der Waals surface area contributed by atoms with Crippen molar-refractivity contribution in [2.24, 2.45) is 0 Å². The summed E-state index contributed by atoms with van der Waals surface area (Å²) in [6.45, 7) is 1.64. The fourth-order valence-corrected chi connectivity index (χ4v) is 1.83. The van der Waals surface area contributed by atoms with E-state index in [1.54, 1.807) is 6.07 Å². The lowest BCUT2D eigenvalue weighted by Crippen LogP contribution is -2.37. The second-order valence-electron chi connectivity index (χ2n) is 3.94. The molecular formula is C11H16ClN3O2. The standard InChI is InChI=1S/C11H15N3O2.ClH/c15-10-6-8(3-5-13-10)11(16)14-7-9-2-1-4-12-9;/h3,5-6,9,12H,1-2,4,7H2,(H,13,15)(H,14,16);1H. The summed E-state index contributed by atoms with van der Waals surface area (Å²) in [4.78, 5) is 25.1. The van der Waals surface area contributed by atoms with E-state index in [0.29, 0.717) is 18.2 Å². The monoisotopic (exact) mass is 257 g/mol. The molecule has 0 bridgehead atoms. The van der Waals surface area contributed by atoms with E-state index in [1.807, 2.05) is 0 Å². The number of halogens is 1. The molecule has 1 aliphatic rings. The number of aromatic nitrogens is 1. The molecule has 17 heavy (non-hydrogen) atoms. The van der Waals surface area contributed by atoms with E-state index in [2.05, 4.69) is 15.6 Å². The van der Waals surface area contributed by atoms with E-state index in [0.717, 1.165) is 19.4 Å². The van der Waals surface area contributed by atoms with E-state index in [1.165, 1.54) is 12.3 Å². The predicted molar refractivity (Wildman–Crippen MR) is 67.7 cm³/mol. The Hall–Kier alpha value is -1.33. The van der Waals surface area contributed by atoms with Crippen molar-refractivity contribution in [2.75, 3.05) is 13.1 Å². The Balaban J connectivity index is 0.00000144. The van der Waals surface area contributed by atoms with Crippen molar-refractivity contribution in [2.45, 2.75) is 18.9 Å². The third kappa shape index (κ3) is 3.87. The van der Waals surface area contributed by atoms with Gasteiger partial charge in [0.25, 0.3) is 5.91 Å². The van der Waals surface area contributed by atoms with Gasteiger partial charge in [0, 0.05) is 30.4 Å². The highest BCUT2D eigenvalue weighted by Crippen LogP contribution is 2.03. The van der Waals surface area contributed by atoms with Gasteiger partial charge in [0.2, 0.25) is 5.56 Å². The number of amides is 1. The molecule has 1 amide bonds. The summed E-state index contributed by atoms with van der Waals surface area (Å²) in [6.07, 6.45) is 3.73. The predicted octanol–water partition coefficient (Wildman–Crippen LogP) is 0.278. The average Bonchev–Trinajstić information content (AvgIpc) is 2.78. The van der Waals surface area contributed by atoms with Gasteiger partial charge in [-0.2, -0.15) is 0 Å². The van der Waals surface area contributed by atoms with E-state index in [-0.39, 0.29) is 23.9 Å². The highest BCUT2D eigenvalue weighted by molar-refractivity contribution is 5.93. The molecule has 5 nitrogen and oxygen atoms in total. The molecule has 2 heterocycles. The van der Waals surface area contributed by atoms with Crippen LogP contribution in [-0.2, 0) is 0 Å². The van der Waals surface area contributed by atoms with Crippen molar-refractivity contribution >= 4 is 18.3 Å². The first-order chi connectivity index (χ1) is 7.75. The van der Waals surface area contributed by atoms with Gasteiger partial charge in [-0.3, -0.25) is 9.59 Å². The van der Waals surface area contributed by atoms with Gasteiger partial charge in [-0.15, -0.1) is 12.4 Å². The molecule has 6 heteroatoms. The van der Waals surface area contributed by atoms with Crippen molar-refractivity contribution in [3.8, 4) is 0 Å².